The average Bonchev–Trinajstić information content (AvgIpc) is 3.22. The lowest BCUT2D eigenvalue weighted by Crippen LogP contribution is -2.46. The summed E-state index contributed by atoms with van der Waals surface area (Å²) in [5.74, 6) is -1.81. The summed E-state index contributed by atoms with van der Waals surface area (Å²) in [6, 6.07) is 27.1. The van der Waals surface area contributed by atoms with Crippen LogP contribution < -0.4 is 18.1 Å². The second-order valence-corrected chi connectivity index (χ2v) is 17.6. The summed E-state index contributed by atoms with van der Waals surface area (Å²) in [5.41, 5.74) is 0.389. The molecule has 1 aliphatic heterocycles. The number of ether oxygens (including phenoxy) is 2. The van der Waals surface area contributed by atoms with Crippen LogP contribution in [-0.2, 0) is 29.6 Å². The summed E-state index contributed by atoms with van der Waals surface area (Å²) in [6.07, 6.45) is 2.27. The minimum absolute atomic E-state index is 0.0428. The fourth-order valence-electron chi connectivity index (χ4n) is 6.84. The van der Waals surface area contributed by atoms with Gasteiger partial charge in [0.15, 0.2) is 6.04 Å². The minimum Gasteiger partial charge on any atom is -0.497 e. The number of anilines is 2. The zero-order valence-corrected chi connectivity index (χ0v) is 34.0. The Labute approximate surface area is 341 Å². The molecular formula is C41H39Cl2N3O9S2. The topological polar surface area (TPSA) is 151 Å². The largest absolute Gasteiger partial charge is 0.497 e. The number of carboxylic acids is 1. The average molecular weight is 853 g/mol. The number of benzene rings is 5. The van der Waals surface area contributed by atoms with Gasteiger partial charge in [-0.1, -0.05) is 53.5 Å². The Morgan fingerprint density at radius 2 is 1.33 bits per heavy atom. The third kappa shape index (κ3) is 8.84. The van der Waals surface area contributed by atoms with Crippen molar-refractivity contribution in [3.8, 4) is 11.5 Å². The zero-order chi connectivity index (χ0) is 40.9. The first-order valence-corrected chi connectivity index (χ1v) is 21.4. The molecule has 2 atom stereocenters. The van der Waals surface area contributed by atoms with E-state index in [2.05, 4.69) is 0 Å². The summed E-state index contributed by atoms with van der Waals surface area (Å²) in [4.78, 5) is 28.7. The standard InChI is InChI=1S/C41H39Cl2N3O9S2/c1-54-33-19-22-35(23-20-33)56(50,51)46(32-17-13-30(43)14-18-32)40(41(48)49)36-26-34(55-2)21-24-38(36)57(52,53)45(31-15-11-29(42)12-16-31)27-39(47)44-25-7-6-10-37(44)28-8-4-3-5-9-28/h3-5,8-9,11-24,26,37,40H,6-7,10,25,27H2,1-2H3,(H,48,49). The number of piperidine rings is 1. The first-order chi connectivity index (χ1) is 27.3. The highest BCUT2D eigenvalue weighted by atomic mass is 35.5. The zero-order valence-electron chi connectivity index (χ0n) is 30.9. The van der Waals surface area contributed by atoms with Crippen molar-refractivity contribution in [1.29, 1.82) is 0 Å². The van der Waals surface area contributed by atoms with Gasteiger partial charge in [-0.2, -0.15) is 0 Å². The lowest BCUT2D eigenvalue weighted by molar-refractivity contribution is -0.138. The highest BCUT2D eigenvalue weighted by Gasteiger charge is 2.42. The predicted octanol–water partition coefficient (Wildman–Crippen LogP) is 7.98. The van der Waals surface area contributed by atoms with Gasteiger partial charge in [0.2, 0.25) is 5.91 Å². The lowest BCUT2D eigenvalue weighted by Gasteiger charge is -2.38. The first-order valence-electron chi connectivity index (χ1n) is 17.7. The van der Waals surface area contributed by atoms with E-state index in [-0.39, 0.29) is 33.1 Å². The minimum atomic E-state index is -4.89. The summed E-state index contributed by atoms with van der Waals surface area (Å²) < 4.78 is 71.9. The van der Waals surface area contributed by atoms with Gasteiger partial charge in [-0.3, -0.25) is 9.10 Å². The number of rotatable bonds is 14. The summed E-state index contributed by atoms with van der Waals surface area (Å²) in [6.45, 7) is -0.275. The van der Waals surface area contributed by atoms with Crippen LogP contribution in [-0.4, -0.2) is 66.0 Å². The molecule has 6 rings (SSSR count). The molecule has 57 heavy (non-hydrogen) atoms. The van der Waals surface area contributed by atoms with Crippen molar-refractivity contribution in [2.24, 2.45) is 0 Å². The Morgan fingerprint density at radius 1 is 0.754 bits per heavy atom. The van der Waals surface area contributed by atoms with E-state index in [0.717, 1.165) is 34.8 Å². The molecule has 12 nitrogen and oxygen atoms in total. The molecule has 1 saturated heterocycles. The number of halogens is 2. The number of carbonyl (C=O) groups excluding carboxylic acids is 1. The third-order valence-electron chi connectivity index (χ3n) is 9.65. The van der Waals surface area contributed by atoms with Crippen molar-refractivity contribution in [1.82, 2.24) is 4.90 Å². The normalized spacial score (nSPS) is 15.0. The maximum atomic E-state index is 15.2. The molecule has 0 aliphatic carbocycles. The van der Waals surface area contributed by atoms with Crippen LogP contribution in [0.5, 0.6) is 11.5 Å². The molecule has 0 spiro atoms. The fraction of sp³-hybridized carbons (Fsp3) is 0.220. The van der Waals surface area contributed by atoms with E-state index >= 15 is 8.42 Å². The molecule has 16 heteroatoms. The molecule has 1 N–H and O–H groups in total. The Hall–Kier alpha value is -5.28. The number of hydrogen-bond donors (Lipinski definition) is 1. The second-order valence-electron chi connectivity index (χ2n) is 13.1. The lowest BCUT2D eigenvalue weighted by atomic mass is 9.95. The van der Waals surface area contributed by atoms with E-state index in [0.29, 0.717) is 28.0 Å². The van der Waals surface area contributed by atoms with Crippen LogP contribution in [0.3, 0.4) is 0 Å². The molecule has 5 aromatic rings. The number of hydrogen-bond acceptors (Lipinski definition) is 8. The van der Waals surface area contributed by atoms with Crippen LogP contribution in [0.1, 0.15) is 42.5 Å². The molecule has 298 valence electrons. The van der Waals surface area contributed by atoms with Gasteiger partial charge in [-0.25, -0.2) is 25.9 Å². The van der Waals surface area contributed by atoms with Crippen LogP contribution in [0.25, 0.3) is 0 Å². The Bertz CT molecular complexity index is 2440. The van der Waals surface area contributed by atoms with Gasteiger partial charge >= 0.3 is 5.97 Å². The van der Waals surface area contributed by atoms with E-state index in [9.17, 15) is 23.1 Å². The van der Waals surface area contributed by atoms with E-state index < -0.39 is 55.0 Å². The number of sulfonamides is 2. The Balaban J connectivity index is 1.53. The number of nitrogens with zero attached hydrogens (tertiary/aromatic N) is 3. The molecule has 1 amide bonds. The number of amides is 1. The molecule has 0 bridgehead atoms. The van der Waals surface area contributed by atoms with Crippen LogP contribution in [0.2, 0.25) is 10.0 Å². The van der Waals surface area contributed by atoms with E-state index in [1.54, 1.807) is 4.90 Å². The maximum Gasteiger partial charge on any atom is 0.332 e. The molecule has 2 unspecified atom stereocenters. The van der Waals surface area contributed by atoms with Gasteiger partial charge in [0.05, 0.1) is 41.4 Å². The molecule has 1 heterocycles. The van der Waals surface area contributed by atoms with Gasteiger partial charge in [0.25, 0.3) is 20.0 Å². The monoisotopic (exact) mass is 851 g/mol. The Morgan fingerprint density at radius 3 is 1.91 bits per heavy atom. The summed E-state index contributed by atoms with van der Waals surface area (Å²) in [7, 11) is -6.97. The first kappa shape index (κ1) is 41.4. The van der Waals surface area contributed by atoms with E-state index in [1.165, 1.54) is 93.1 Å². The number of likely N-dealkylation sites (tertiary alicyclic amines) is 1. The molecule has 0 saturated carbocycles. The van der Waals surface area contributed by atoms with Gasteiger partial charge < -0.3 is 19.5 Å². The molecule has 0 radical (unpaired) electrons. The molecule has 5 aromatic carbocycles. The van der Waals surface area contributed by atoms with Gasteiger partial charge in [-0.05, 0) is 116 Å². The molecular weight excluding hydrogens is 814 g/mol. The molecule has 1 fully saturated rings. The van der Waals surface area contributed by atoms with E-state index in [4.69, 9.17) is 32.7 Å². The summed E-state index contributed by atoms with van der Waals surface area (Å²) >= 11 is 12.4. The van der Waals surface area contributed by atoms with Crippen molar-refractivity contribution in [3.63, 3.8) is 0 Å². The van der Waals surface area contributed by atoms with Crippen LogP contribution in [0.4, 0.5) is 11.4 Å². The fourth-order valence-corrected chi connectivity index (χ4v) is 10.3. The summed E-state index contributed by atoms with van der Waals surface area (Å²) in [5, 5.41) is 11.6. The van der Waals surface area contributed by atoms with Gasteiger partial charge in [0, 0.05) is 22.2 Å². The quantitative estimate of drug-likeness (QED) is 0.117. The third-order valence-corrected chi connectivity index (χ3v) is 13.8. The van der Waals surface area contributed by atoms with Gasteiger partial charge in [0.1, 0.15) is 18.0 Å². The maximum absolute atomic E-state index is 15.2. The highest BCUT2D eigenvalue weighted by molar-refractivity contribution is 7.93. The van der Waals surface area contributed by atoms with Crippen LogP contribution in [0.15, 0.2) is 131 Å². The van der Waals surface area contributed by atoms with Crippen molar-refractivity contribution < 1.29 is 41.0 Å². The molecule has 0 aromatic heterocycles. The smallest absolute Gasteiger partial charge is 0.332 e. The number of methoxy groups -OCH3 is 2. The van der Waals surface area contributed by atoms with Crippen LogP contribution in [0, 0.1) is 0 Å². The SMILES string of the molecule is COc1ccc(S(=O)(=O)N(c2ccc(Cl)cc2)C(C(=O)O)c2cc(OC)ccc2S(=O)(=O)N(CC(=O)N2CCCCC2c2ccccc2)c2ccc(Cl)cc2)cc1. The number of carbonyl (C=O) groups is 2. The number of aliphatic carboxylic acids is 1. The predicted molar refractivity (Wildman–Crippen MR) is 218 cm³/mol. The van der Waals surface area contributed by atoms with E-state index in [1.807, 2.05) is 30.3 Å². The van der Waals surface area contributed by atoms with Crippen molar-refractivity contribution in [3.05, 3.63) is 142 Å². The molecule has 1 aliphatic rings. The van der Waals surface area contributed by atoms with Crippen LogP contribution >= 0.6 is 23.2 Å². The van der Waals surface area contributed by atoms with Crippen molar-refractivity contribution >= 4 is 66.5 Å². The number of carboxylic acid groups (broad SMARTS) is 1. The van der Waals surface area contributed by atoms with Gasteiger partial charge in [-0.15, -0.1) is 0 Å². The second kappa shape index (κ2) is 17.5. The Kier molecular flexibility index (Phi) is 12.7. The van der Waals surface area contributed by atoms with Crippen molar-refractivity contribution in [2.75, 3.05) is 35.9 Å². The van der Waals surface area contributed by atoms with Crippen molar-refractivity contribution in [2.45, 2.75) is 41.1 Å². The highest BCUT2D eigenvalue weighted by Crippen LogP contribution is 2.40.